The molecule has 0 bridgehead atoms. The Morgan fingerprint density at radius 2 is 2.19 bits per heavy atom. The number of thiazole rings is 1. The summed E-state index contributed by atoms with van der Waals surface area (Å²) in [4.78, 5) is 16.9. The third kappa shape index (κ3) is 3.77. The lowest BCUT2D eigenvalue weighted by Gasteiger charge is -2.12. The first-order valence-corrected chi connectivity index (χ1v) is 10.3. The maximum atomic E-state index is 12.8. The molecule has 1 fully saturated rings. The van der Waals surface area contributed by atoms with Gasteiger partial charge in [0.15, 0.2) is 11.7 Å². The summed E-state index contributed by atoms with van der Waals surface area (Å²) >= 11 is 1.23. The van der Waals surface area contributed by atoms with Crippen LogP contribution in [-0.2, 0) is 10.0 Å². The van der Waals surface area contributed by atoms with Crippen LogP contribution in [0.15, 0.2) is 28.5 Å². The molecule has 0 spiro atoms. The summed E-state index contributed by atoms with van der Waals surface area (Å²) in [5.74, 6) is -1.42. The Morgan fingerprint density at radius 1 is 1.46 bits per heavy atom. The number of sulfonamides is 1. The molecule has 1 N–H and O–H groups in total. The standard InChI is InChI=1S/C17H17N3O4S2/c1-10-9-25-17(19-10)13(8-18)16(21)11-3-6-14(24-2)15(7-11)26(22,23)20-12-4-5-12/h3,6-7,9,12-13,20H,4-5H2,1-2H3/t13-/m1/s1. The number of ketones is 1. The van der Waals surface area contributed by atoms with Crippen molar-refractivity contribution in [1.82, 2.24) is 9.71 Å². The minimum absolute atomic E-state index is 0.0748. The van der Waals surface area contributed by atoms with Crippen molar-refractivity contribution >= 4 is 27.1 Å². The highest BCUT2D eigenvalue weighted by Crippen LogP contribution is 2.30. The van der Waals surface area contributed by atoms with E-state index in [0.29, 0.717) is 5.01 Å². The minimum atomic E-state index is -3.81. The molecule has 1 atom stereocenters. The lowest BCUT2D eigenvalue weighted by Crippen LogP contribution is -2.26. The van der Waals surface area contributed by atoms with E-state index in [1.165, 1.54) is 36.6 Å². The third-order valence-electron chi connectivity index (χ3n) is 3.91. The van der Waals surface area contributed by atoms with Crippen molar-refractivity contribution in [3.05, 3.63) is 39.8 Å². The van der Waals surface area contributed by atoms with Crippen LogP contribution in [-0.4, -0.2) is 32.3 Å². The molecule has 7 nitrogen and oxygen atoms in total. The van der Waals surface area contributed by atoms with Crippen LogP contribution in [0.2, 0.25) is 0 Å². The molecule has 0 saturated heterocycles. The van der Waals surface area contributed by atoms with Crippen LogP contribution in [0.5, 0.6) is 5.75 Å². The predicted octanol–water partition coefficient (Wildman–Crippen LogP) is 2.39. The van der Waals surface area contributed by atoms with Crippen LogP contribution in [0.25, 0.3) is 0 Å². The Kier molecular flexibility index (Phi) is 5.09. The van der Waals surface area contributed by atoms with Gasteiger partial charge in [0.05, 0.1) is 13.2 Å². The number of Topliss-reactive ketones (excluding diaryl/α,β-unsaturated/α-hetero) is 1. The molecule has 9 heteroatoms. The van der Waals surface area contributed by atoms with Crippen molar-refractivity contribution in [2.75, 3.05) is 7.11 Å². The monoisotopic (exact) mass is 391 g/mol. The average Bonchev–Trinajstić information content (AvgIpc) is 3.32. The number of carbonyl (C=O) groups excluding carboxylic acids is 1. The van der Waals surface area contributed by atoms with Crippen LogP contribution in [0.1, 0.15) is 39.8 Å². The number of aryl methyl sites for hydroxylation is 1. The molecule has 1 aliphatic rings. The van der Waals surface area contributed by atoms with Gasteiger partial charge in [0.1, 0.15) is 15.7 Å². The topological polar surface area (TPSA) is 109 Å². The van der Waals surface area contributed by atoms with Gasteiger partial charge >= 0.3 is 0 Å². The second kappa shape index (κ2) is 7.15. The summed E-state index contributed by atoms with van der Waals surface area (Å²) in [6.45, 7) is 1.78. The number of ether oxygens (including phenoxy) is 1. The normalized spacial score (nSPS) is 15.3. The van der Waals surface area contributed by atoms with Crippen molar-refractivity contribution < 1.29 is 17.9 Å². The highest BCUT2D eigenvalue weighted by molar-refractivity contribution is 7.89. The minimum Gasteiger partial charge on any atom is -0.495 e. The van der Waals surface area contributed by atoms with Gasteiger partial charge in [0, 0.05) is 22.7 Å². The van der Waals surface area contributed by atoms with E-state index >= 15 is 0 Å². The molecule has 26 heavy (non-hydrogen) atoms. The number of benzene rings is 1. The van der Waals surface area contributed by atoms with Gasteiger partial charge in [-0.1, -0.05) is 0 Å². The molecular weight excluding hydrogens is 374 g/mol. The number of nitrogens with zero attached hydrogens (tertiary/aromatic N) is 2. The molecule has 1 aromatic heterocycles. The van der Waals surface area contributed by atoms with Gasteiger partial charge in [-0.15, -0.1) is 11.3 Å². The summed E-state index contributed by atoms with van der Waals surface area (Å²) in [6, 6.07) is 6.03. The van der Waals surface area contributed by atoms with Crippen LogP contribution < -0.4 is 9.46 Å². The SMILES string of the molecule is COc1ccc(C(=O)[C@@H](C#N)c2nc(C)cs2)cc1S(=O)(=O)NC1CC1. The Balaban J connectivity index is 1.98. The second-order valence-corrected chi connectivity index (χ2v) is 8.59. The van der Waals surface area contributed by atoms with E-state index in [1.54, 1.807) is 12.3 Å². The summed E-state index contributed by atoms with van der Waals surface area (Å²) in [7, 11) is -2.45. The molecule has 2 aromatic rings. The fourth-order valence-electron chi connectivity index (χ4n) is 2.42. The lowest BCUT2D eigenvalue weighted by atomic mass is 9.99. The van der Waals surface area contributed by atoms with Gasteiger partial charge in [-0.25, -0.2) is 18.1 Å². The molecule has 0 unspecified atom stereocenters. The van der Waals surface area contributed by atoms with Gasteiger partial charge in [-0.3, -0.25) is 4.79 Å². The van der Waals surface area contributed by atoms with Crippen molar-refractivity contribution in [2.45, 2.75) is 36.6 Å². The van der Waals surface area contributed by atoms with Gasteiger partial charge in [0.2, 0.25) is 10.0 Å². The first-order valence-electron chi connectivity index (χ1n) is 7.92. The number of hydrogen-bond acceptors (Lipinski definition) is 7. The largest absolute Gasteiger partial charge is 0.495 e. The quantitative estimate of drug-likeness (QED) is 0.726. The van der Waals surface area contributed by atoms with E-state index in [4.69, 9.17) is 4.74 Å². The first-order chi connectivity index (χ1) is 12.4. The molecule has 136 valence electrons. The van der Waals surface area contributed by atoms with Gasteiger partial charge in [-0.05, 0) is 38.0 Å². The summed E-state index contributed by atoms with van der Waals surface area (Å²) in [5.41, 5.74) is 0.853. The first kappa shape index (κ1) is 18.5. The Hall–Kier alpha value is -2.28. The van der Waals surface area contributed by atoms with Gasteiger partial charge < -0.3 is 4.74 Å². The highest BCUT2D eigenvalue weighted by atomic mass is 32.2. The second-order valence-electron chi connectivity index (χ2n) is 6.01. The lowest BCUT2D eigenvalue weighted by molar-refractivity contribution is 0.0978. The fourth-order valence-corrected chi connectivity index (χ4v) is 4.76. The van der Waals surface area contributed by atoms with Crippen molar-refractivity contribution in [3.8, 4) is 11.8 Å². The molecule has 1 heterocycles. The molecule has 1 aromatic carbocycles. The van der Waals surface area contributed by atoms with Crippen molar-refractivity contribution in [3.63, 3.8) is 0 Å². The summed E-state index contributed by atoms with van der Waals surface area (Å²) in [5, 5.41) is 11.6. The number of rotatable bonds is 7. The molecule has 0 radical (unpaired) electrons. The van der Waals surface area contributed by atoms with E-state index in [2.05, 4.69) is 9.71 Å². The predicted molar refractivity (Wildman–Crippen MR) is 95.9 cm³/mol. The zero-order valence-electron chi connectivity index (χ0n) is 14.2. The molecule has 0 aliphatic heterocycles. The number of carbonyl (C=O) groups is 1. The maximum absolute atomic E-state index is 12.8. The summed E-state index contributed by atoms with van der Waals surface area (Å²) in [6.07, 6.45) is 1.58. The van der Waals surface area contributed by atoms with Crippen molar-refractivity contribution in [1.29, 1.82) is 5.26 Å². The Bertz CT molecular complexity index is 988. The summed E-state index contributed by atoms with van der Waals surface area (Å²) < 4.78 is 32.9. The van der Waals surface area contributed by atoms with Crippen LogP contribution in [0.4, 0.5) is 0 Å². The number of nitrogens with one attached hydrogen (secondary N) is 1. The van der Waals surface area contributed by atoms with Crippen LogP contribution in [0, 0.1) is 18.3 Å². The smallest absolute Gasteiger partial charge is 0.244 e. The van der Waals surface area contributed by atoms with Crippen LogP contribution in [0.3, 0.4) is 0 Å². The van der Waals surface area contributed by atoms with E-state index in [-0.39, 0.29) is 22.3 Å². The fraction of sp³-hybridized carbons (Fsp3) is 0.353. The van der Waals surface area contributed by atoms with E-state index in [0.717, 1.165) is 18.5 Å². The molecule has 1 aliphatic carbocycles. The van der Waals surface area contributed by atoms with Gasteiger partial charge in [0.25, 0.3) is 0 Å². The number of aromatic nitrogens is 1. The third-order valence-corrected chi connectivity index (χ3v) is 6.48. The number of nitriles is 1. The van der Waals surface area contributed by atoms with Crippen molar-refractivity contribution in [2.24, 2.45) is 0 Å². The molecule has 3 rings (SSSR count). The Labute approximate surface area is 155 Å². The zero-order chi connectivity index (χ0) is 18.9. The number of methoxy groups -OCH3 is 1. The van der Waals surface area contributed by atoms with Gasteiger partial charge in [-0.2, -0.15) is 5.26 Å². The maximum Gasteiger partial charge on any atom is 0.244 e. The highest BCUT2D eigenvalue weighted by Gasteiger charge is 2.31. The van der Waals surface area contributed by atoms with E-state index < -0.39 is 21.7 Å². The van der Waals surface area contributed by atoms with E-state index in [9.17, 15) is 18.5 Å². The average molecular weight is 391 g/mol. The molecular formula is C17H17N3O4S2. The van der Waals surface area contributed by atoms with Crippen LogP contribution >= 0.6 is 11.3 Å². The number of hydrogen-bond donors (Lipinski definition) is 1. The molecule has 0 amide bonds. The zero-order valence-corrected chi connectivity index (χ0v) is 15.9. The molecule has 1 saturated carbocycles. The Morgan fingerprint density at radius 3 is 2.73 bits per heavy atom. The van der Waals surface area contributed by atoms with E-state index in [1.807, 2.05) is 6.07 Å².